The summed E-state index contributed by atoms with van der Waals surface area (Å²) >= 11 is 1.84. The molecule has 1 fully saturated rings. The van der Waals surface area contributed by atoms with E-state index in [0.29, 0.717) is 12.3 Å². The first-order valence-electron chi connectivity index (χ1n) is 9.62. The monoisotopic (exact) mass is 382 g/mol. The van der Waals surface area contributed by atoms with Gasteiger partial charge in [0.15, 0.2) is 11.5 Å². The van der Waals surface area contributed by atoms with Crippen LogP contribution in [0.15, 0.2) is 18.2 Å². The maximum absolute atomic E-state index is 10.3. The van der Waals surface area contributed by atoms with E-state index < -0.39 is 6.10 Å². The maximum Gasteiger partial charge on any atom is 0.161 e. The molecule has 0 radical (unpaired) electrons. The molecule has 0 aromatic heterocycles. The Bertz CT molecular complexity index is 508. The van der Waals surface area contributed by atoms with Crippen molar-refractivity contribution in [3.8, 4) is 11.5 Å². The van der Waals surface area contributed by atoms with E-state index in [1.807, 2.05) is 30.0 Å². The third kappa shape index (κ3) is 7.74. The van der Waals surface area contributed by atoms with Crippen LogP contribution in [0.3, 0.4) is 0 Å². The molecule has 26 heavy (non-hydrogen) atoms. The molecule has 1 saturated heterocycles. The Balaban J connectivity index is 1.79. The van der Waals surface area contributed by atoms with E-state index in [0.717, 1.165) is 37.7 Å². The first-order valence-corrected chi connectivity index (χ1v) is 11.0. The van der Waals surface area contributed by atoms with E-state index in [4.69, 9.17) is 9.47 Å². The minimum atomic E-state index is -0.481. The molecule has 5 nitrogen and oxygen atoms in total. The zero-order chi connectivity index (χ0) is 18.6. The van der Waals surface area contributed by atoms with Crippen LogP contribution in [0.2, 0.25) is 0 Å². The average molecular weight is 383 g/mol. The maximum atomic E-state index is 10.3. The van der Waals surface area contributed by atoms with Crippen molar-refractivity contribution in [1.82, 2.24) is 10.2 Å². The lowest BCUT2D eigenvalue weighted by Gasteiger charge is -2.23. The van der Waals surface area contributed by atoms with Gasteiger partial charge in [0.05, 0.1) is 7.11 Å². The highest BCUT2D eigenvalue weighted by molar-refractivity contribution is 7.98. The van der Waals surface area contributed by atoms with Gasteiger partial charge < -0.3 is 24.8 Å². The van der Waals surface area contributed by atoms with Gasteiger partial charge in [-0.3, -0.25) is 0 Å². The van der Waals surface area contributed by atoms with E-state index in [9.17, 15) is 5.11 Å². The number of nitrogens with zero attached hydrogens (tertiary/aromatic N) is 1. The summed E-state index contributed by atoms with van der Waals surface area (Å²) in [6.07, 6.45) is 6.70. The van der Waals surface area contributed by atoms with E-state index in [2.05, 4.69) is 16.5 Å². The van der Waals surface area contributed by atoms with Crippen LogP contribution in [0.25, 0.3) is 0 Å². The fourth-order valence-corrected chi connectivity index (χ4v) is 3.55. The molecule has 1 aliphatic rings. The fraction of sp³-hybridized carbons (Fsp3) is 0.700. The predicted molar refractivity (Wildman–Crippen MR) is 109 cm³/mol. The summed E-state index contributed by atoms with van der Waals surface area (Å²) < 4.78 is 11.3. The zero-order valence-corrected chi connectivity index (χ0v) is 17.0. The smallest absolute Gasteiger partial charge is 0.161 e. The molecular formula is C20H34N2O3S. The molecule has 1 heterocycles. The van der Waals surface area contributed by atoms with E-state index in [-0.39, 0.29) is 6.61 Å². The topological polar surface area (TPSA) is 54.0 Å². The zero-order valence-electron chi connectivity index (χ0n) is 16.2. The van der Waals surface area contributed by atoms with Gasteiger partial charge in [-0.25, -0.2) is 0 Å². The normalized spacial score (nSPS) is 16.9. The lowest BCUT2D eigenvalue weighted by Crippen LogP contribution is -2.36. The van der Waals surface area contributed by atoms with Crippen molar-refractivity contribution >= 4 is 11.8 Å². The van der Waals surface area contributed by atoms with Crippen LogP contribution in [-0.4, -0.2) is 68.0 Å². The number of aliphatic hydroxyl groups excluding tert-OH is 1. The number of ether oxygens (including phenoxy) is 2. The number of likely N-dealkylation sites (tertiary alicyclic amines) is 1. The summed E-state index contributed by atoms with van der Waals surface area (Å²) in [5.41, 5.74) is 1.17. The summed E-state index contributed by atoms with van der Waals surface area (Å²) in [5.74, 6) is 2.51. The van der Waals surface area contributed by atoms with Gasteiger partial charge in [-0.15, -0.1) is 0 Å². The number of aliphatic hydroxyl groups is 1. The largest absolute Gasteiger partial charge is 0.493 e. The van der Waals surface area contributed by atoms with Crippen molar-refractivity contribution in [2.45, 2.75) is 38.3 Å². The Hall–Kier alpha value is -0.950. The number of nitrogens with one attached hydrogen (secondary N) is 1. The van der Waals surface area contributed by atoms with E-state index >= 15 is 0 Å². The standard InChI is InChI=1S/C20H34N2O3S/c1-24-20-13-17(14-21-9-12-26-2)7-8-19(20)25-16-18(23)15-22-10-5-3-4-6-11-22/h7-8,13,18,21,23H,3-6,9-12,14-16H2,1-2H3/t18-/m1/s1. The summed E-state index contributed by atoms with van der Waals surface area (Å²) in [5, 5.41) is 13.7. The molecule has 6 heteroatoms. The predicted octanol–water partition coefficient (Wildman–Crippen LogP) is 2.76. The molecule has 0 spiro atoms. The third-order valence-corrected chi connectivity index (χ3v) is 5.25. The van der Waals surface area contributed by atoms with Crippen molar-refractivity contribution in [3.63, 3.8) is 0 Å². The summed E-state index contributed by atoms with van der Waals surface area (Å²) in [7, 11) is 1.65. The fourth-order valence-electron chi connectivity index (χ4n) is 3.20. The molecule has 1 aliphatic heterocycles. The molecule has 2 N–H and O–H groups in total. The Morgan fingerprint density at radius 3 is 2.65 bits per heavy atom. The number of hydrogen-bond acceptors (Lipinski definition) is 6. The van der Waals surface area contributed by atoms with Crippen molar-refractivity contribution in [2.24, 2.45) is 0 Å². The summed E-state index contributed by atoms with van der Waals surface area (Å²) in [6, 6.07) is 5.98. The molecule has 0 unspecified atom stereocenters. The Morgan fingerprint density at radius 1 is 1.19 bits per heavy atom. The van der Waals surface area contributed by atoms with Gasteiger partial charge >= 0.3 is 0 Å². The molecular weight excluding hydrogens is 348 g/mol. The van der Waals surface area contributed by atoms with Gasteiger partial charge in [-0.2, -0.15) is 11.8 Å². The molecule has 0 amide bonds. The van der Waals surface area contributed by atoms with E-state index in [1.165, 1.54) is 31.2 Å². The Labute approximate surface area is 162 Å². The molecule has 1 aromatic carbocycles. The molecule has 0 saturated carbocycles. The molecule has 2 rings (SSSR count). The number of benzene rings is 1. The van der Waals surface area contributed by atoms with Gasteiger partial charge in [-0.05, 0) is 49.9 Å². The number of rotatable bonds is 11. The van der Waals surface area contributed by atoms with Gasteiger partial charge in [0.25, 0.3) is 0 Å². The van der Waals surface area contributed by atoms with Crippen LogP contribution in [0.5, 0.6) is 11.5 Å². The van der Waals surface area contributed by atoms with Crippen LogP contribution in [-0.2, 0) is 6.54 Å². The summed E-state index contributed by atoms with van der Waals surface area (Å²) in [6.45, 7) is 4.94. The number of thioether (sulfide) groups is 1. The number of β-amino-alcohol motifs (C(OH)–C–C–N with tert-alkyl or cyclic N) is 1. The van der Waals surface area contributed by atoms with Crippen molar-refractivity contribution in [1.29, 1.82) is 0 Å². The highest BCUT2D eigenvalue weighted by atomic mass is 32.2. The second-order valence-corrected chi connectivity index (χ2v) is 7.82. The first kappa shape index (κ1) is 21.4. The molecule has 0 bridgehead atoms. The van der Waals surface area contributed by atoms with Crippen molar-refractivity contribution in [2.75, 3.05) is 51.9 Å². The quantitative estimate of drug-likeness (QED) is 0.574. The molecule has 0 aliphatic carbocycles. The minimum Gasteiger partial charge on any atom is -0.493 e. The highest BCUT2D eigenvalue weighted by Crippen LogP contribution is 2.28. The van der Waals surface area contributed by atoms with Crippen LogP contribution in [0.4, 0.5) is 0 Å². The Kier molecular flexibility index (Phi) is 10.2. The molecule has 148 valence electrons. The van der Waals surface area contributed by atoms with Crippen LogP contribution in [0, 0.1) is 0 Å². The Morgan fingerprint density at radius 2 is 1.96 bits per heavy atom. The minimum absolute atomic E-state index is 0.290. The third-order valence-electron chi connectivity index (χ3n) is 4.64. The lowest BCUT2D eigenvalue weighted by atomic mass is 10.2. The first-order chi connectivity index (χ1) is 12.7. The van der Waals surface area contributed by atoms with Crippen molar-refractivity contribution in [3.05, 3.63) is 23.8 Å². The van der Waals surface area contributed by atoms with Crippen LogP contribution >= 0.6 is 11.8 Å². The number of hydrogen-bond donors (Lipinski definition) is 2. The van der Waals surface area contributed by atoms with Gasteiger partial charge in [0.2, 0.25) is 0 Å². The second kappa shape index (κ2) is 12.4. The van der Waals surface area contributed by atoms with Crippen molar-refractivity contribution < 1.29 is 14.6 Å². The number of methoxy groups -OCH3 is 1. The molecule has 1 atom stereocenters. The van der Waals surface area contributed by atoms with Gasteiger partial charge in [-0.1, -0.05) is 18.9 Å². The highest BCUT2D eigenvalue weighted by Gasteiger charge is 2.15. The van der Waals surface area contributed by atoms with Crippen LogP contribution in [0.1, 0.15) is 31.2 Å². The average Bonchev–Trinajstić information content (AvgIpc) is 2.92. The van der Waals surface area contributed by atoms with E-state index in [1.54, 1.807) is 7.11 Å². The van der Waals surface area contributed by atoms with Gasteiger partial charge in [0, 0.05) is 25.4 Å². The molecule has 1 aromatic rings. The summed E-state index contributed by atoms with van der Waals surface area (Å²) in [4.78, 5) is 2.35. The lowest BCUT2D eigenvalue weighted by molar-refractivity contribution is 0.0683. The SMILES string of the molecule is COc1cc(CNCCSC)ccc1OC[C@H](O)CN1CCCCCC1. The van der Waals surface area contributed by atoms with Crippen LogP contribution < -0.4 is 14.8 Å². The van der Waals surface area contributed by atoms with Gasteiger partial charge in [0.1, 0.15) is 12.7 Å². The second-order valence-electron chi connectivity index (χ2n) is 6.83.